The quantitative estimate of drug-likeness (QED) is 0.910. The smallest absolute Gasteiger partial charge is 0.290 e. The summed E-state index contributed by atoms with van der Waals surface area (Å²) in [5, 5.41) is 16.5. The zero-order valence-electron chi connectivity index (χ0n) is 12.6. The number of nitrogens with zero attached hydrogens (tertiary/aromatic N) is 1. The van der Waals surface area contributed by atoms with Gasteiger partial charge in [0.1, 0.15) is 5.69 Å². The van der Waals surface area contributed by atoms with Crippen molar-refractivity contribution in [1.82, 2.24) is 10.5 Å². The first-order valence-electron chi connectivity index (χ1n) is 7.56. The zero-order valence-corrected chi connectivity index (χ0v) is 12.6. The van der Waals surface area contributed by atoms with Gasteiger partial charge in [0.05, 0.1) is 6.61 Å². The minimum absolute atomic E-state index is 0.0322. The number of aromatic nitrogens is 1. The van der Waals surface area contributed by atoms with Crippen molar-refractivity contribution < 1.29 is 14.4 Å². The van der Waals surface area contributed by atoms with Crippen molar-refractivity contribution in [3.05, 3.63) is 42.2 Å². The van der Waals surface area contributed by atoms with Gasteiger partial charge in [-0.25, -0.2) is 0 Å². The van der Waals surface area contributed by atoms with Crippen LogP contribution in [0.25, 0.3) is 11.3 Å². The third-order valence-electron chi connectivity index (χ3n) is 4.55. The summed E-state index contributed by atoms with van der Waals surface area (Å²) in [6.07, 6.45) is 2.80. The first kappa shape index (κ1) is 14.8. The van der Waals surface area contributed by atoms with Gasteiger partial charge < -0.3 is 14.9 Å². The molecule has 1 fully saturated rings. The van der Waals surface area contributed by atoms with Gasteiger partial charge in [0.25, 0.3) is 5.91 Å². The maximum absolute atomic E-state index is 12.3. The number of amides is 1. The lowest BCUT2D eigenvalue weighted by Gasteiger charge is -2.29. The van der Waals surface area contributed by atoms with Crippen LogP contribution in [0.3, 0.4) is 0 Å². The van der Waals surface area contributed by atoms with E-state index in [9.17, 15) is 9.90 Å². The van der Waals surface area contributed by atoms with Crippen LogP contribution >= 0.6 is 0 Å². The van der Waals surface area contributed by atoms with E-state index in [1.165, 1.54) is 0 Å². The van der Waals surface area contributed by atoms with Gasteiger partial charge in [-0.05, 0) is 12.8 Å². The van der Waals surface area contributed by atoms with E-state index in [0.29, 0.717) is 5.69 Å². The third-order valence-corrected chi connectivity index (χ3v) is 4.55. The maximum Gasteiger partial charge on any atom is 0.290 e. The van der Waals surface area contributed by atoms with Crippen molar-refractivity contribution in [2.75, 3.05) is 6.61 Å². The highest BCUT2D eigenvalue weighted by atomic mass is 16.5. The van der Waals surface area contributed by atoms with Crippen molar-refractivity contribution in [3.63, 3.8) is 0 Å². The topological polar surface area (TPSA) is 75.4 Å². The Morgan fingerprint density at radius 2 is 2.23 bits per heavy atom. The molecule has 22 heavy (non-hydrogen) atoms. The standard InChI is InChI=1S/C17H20N2O3/c1-17(11-20)9-5-8-15(17)18-16(21)14-10-13(19-22-14)12-6-3-2-4-7-12/h2-4,6-7,10,15,20H,5,8-9,11H2,1H3,(H,18,21). The molecule has 1 amide bonds. The largest absolute Gasteiger partial charge is 0.396 e. The van der Waals surface area contributed by atoms with E-state index in [1.54, 1.807) is 6.07 Å². The molecule has 2 atom stereocenters. The first-order valence-corrected chi connectivity index (χ1v) is 7.56. The molecule has 2 aromatic rings. The number of nitrogens with one attached hydrogen (secondary N) is 1. The number of hydrogen-bond donors (Lipinski definition) is 2. The lowest BCUT2D eigenvalue weighted by Crippen LogP contribution is -2.44. The Balaban J connectivity index is 1.72. The Morgan fingerprint density at radius 1 is 1.45 bits per heavy atom. The molecule has 1 saturated carbocycles. The normalized spacial score (nSPS) is 24.4. The van der Waals surface area contributed by atoms with Crippen molar-refractivity contribution in [1.29, 1.82) is 0 Å². The molecule has 0 saturated heterocycles. The molecule has 2 unspecified atom stereocenters. The summed E-state index contributed by atoms with van der Waals surface area (Å²) in [5.41, 5.74) is 1.30. The van der Waals surface area contributed by atoms with Crippen molar-refractivity contribution in [3.8, 4) is 11.3 Å². The lowest BCUT2D eigenvalue weighted by molar-refractivity contribution is 0.0798. The molecule has 5 nitrogen and oxygen atoms in total. The SMILES string of the molecule is CC1(CO)CCCC1NC(=O)c1cc(-c2ccccc2)no1. The van der Waals surface area contributed by atoms with Crippen LogP contribution < -0.4 is 5.32 Å². The summed E-state index contributed by atoms with van der Waals surface area (Å²) >= 11 is 0. The van der Waals surface area contributed by atoms with Crippen LogP contribution in [0.2, 0.25) is 0 Å². The number of carbonyl (C=O) groups excluding carboxylic acids is 1. The molecular weight excluding hydrogens is 280 g/mol. The minimum Gasteiger partial charge on any atom is -0.396 e. The molecule has 116 valence electrons. The summed E-state index contributed by atoms with van der Waals surface area (Å²) in [4.78, 5) is 12.3. The molecule has 5 heteroatoms. The second kappa shape index (κ2) is 5.93. The third kappa shape index (κ3) is 2.76. The van der Waals surface area contributed by atoms with E-state index in [4.69, 9.17) is 4.52 Å². The zero-order chi connectivity index (χ0) is 15.6. The highest BCUT2D eigenvalue weighted by Crippen LogP contribution is 2.37. The summed E-state index contributed by atoms with van der Waals surface area (Å²) < 4.78 is 5.17. The highest BCUT2D eigenvalue weighted by molar-refractivity contribution is 5.92. The number of hydrogen-bond acceptors (Lipinski definition) is 4. The van der Waals surface area contributed by atoms with Crippen LogP contribution in [0.15, 0.2) is 40.9 Å². The van der Waals surface area contributed by atoms with Crippen LogP contribution in [0.5, 0.6) is 0 Å². The molecule has 1 aliphatic carbocycles. The Labute approximate surface area is 129 Å². The van der Waals surface area contributed by atoms with E-state index in [2.05, 4.69) is 10.5 Å². The summed E-state index contributed by atoms with van der Waals surface area (Å²) in [5.74, 6) is -0.0766. The van der Waals surface area contributed by atoms with E-state index in [-0.39, 0.29) is 29.7 Å². The fourth-order valence-corrected chi connectivity index (χ4v) is 3.02. The Kier molecular flexibility index (Phi) is 3.98. The Bertz CT molecular complexity index is 653. The van der Waals surface area contributed by atoms with Gasteiger partial charge in [0.2, 0.25) is 5.76 Å². The average molecular weight is 300 g/mol. The molecule has 1 aromatic heterocycles. The van der Waals surface area contributed by atoms with Gasteiger partial charge in [-0.3, -0.25) is 4.79 Å². The average Bonchev–Trinajstić information content (AvgIpc) is 3.17. The first-order chi connectivity index (χ1) is 10.6. The molecule has 3 rings (SSSR count). The molecule has 0 radical (unpaired) electrons. The van der Waals surface area contributed by atoms with E-state index < -0.39 is 0 Å². The predicted octanol–water partition coefficient (Wildman–Crippen LogP) is 2.62. The molecule has 0 aliphatic heterocycles. The molecule has 0 spiro atoms. The second-order valence-corrected chi connectivity index (χ2v) is 6.17. The molecule has 1 aromatic carbocycles. The molecule has 0 bridgehead atoms. The monoisotopic (exact) mass is 300 g/mol. The second-order valence-electron chi connectivity index (χ2n) is 6.17. The van der Waals surface area contributed by atoms with Crippen LogP contribution in [-0.4, -0.2) is 28.8 Å². The number of carbonyl (C=O) groups is 1. The van der Waals surface area contributed by atoms with Crippen molar-refractivity contribution in [2.45, 2.75) is 32.2 Å². The minimum atomic E-state index is -0.277. The predicted molar refractivity (Wildman–Crippen MR) is 82.2 cm³/mol. The fourth-order valence-electron chi connectivity index (χ4n) is 3.02. The lowest BCUT2D eigenvalue weighted by atomic mass is 9.86. The number of aliphatic hydroxyl groups is 1. The maximum atomic E-state index is 12.3. The molecular formula is C17H20N2O3. The number of benzene rings is 1. The fraction of sp³-hybridized carbons (Fsp3) is 0.412. The van der Waals surface area contributed by atoms with Crippen molar-refractivity contribution >= 4 is 5.91 Å². The highest BCUT2D eigenvalue weighted by Gasteiger charge is 2.39. The number of rotatable bonds is 4. The van der Waals surface area contributed by atoms with Crippen molar-refractivity contribution in [2.24, 2.45) is 5.41 Å². The summed E-state index contributed by atoms with van der Waals surface area (Å²) in [6, 6.07) is 11.2. The van der Waals surface area contributed by atoms with E-state index in [1.807, 2.05) is 37.3 Å². The Morgan fingerprint density at radius 3 is 2.95 bits per heavy atom. The molecule has 1 heterocycles. The van der Waals surface area contributed by atoms with Gasteiger partial charge in [0, 0.05) is 23.1 Å². The Hall–Kier alpha value is -2.14. The van der Waals surface area contributed by atoms with Gasteiger partial charge in [-0.15, -0.1) is 0 Å². The van der Waals surface area contributed by atoms with Crippen LogP contribution in [0, 0.1) is 5.41 Å². The van der Waals surface area contributed by atoms with Crippen LogP contribution in [-0.2, 0) is 0 Å². The van der Waals surface area contributed by atoms with Gasteiger partial charge in [-0.2, -0.15) is 0 Å². The molecule has 2 N–H and O–H groups in total. The van der Waals surface area contributed by atoms with Gasteiger partial charge in [-0.1, -0.05) is 48.8 Å². The van der Waals surface area contributed by atoms with Gasteiger partial charge >= 0.3 is 0 Å². The molecule has 1 aliphatic rings. The van der Waals surface area contributed by atoms with Crippen LogP contribution in [0.1, 0.15) is 36.7 Å². The van der Waals surface area contributed by atoms with E-state index >= 15 is 0 Å². The van der Waals surface area contributed by atoms with E-state index in [0.717, 1.165) is 24.8 Å². The van der Waals surface area contributed by atoms with Gasteiger partial charge in [0.15, 0.2) is 0 Å². The summed E-state index contributed by atoms with van der Waals surface area (Å²) in [7, 11) is 0. The number of aliphatic hydroxyl groups excluding tert-OH is 1. The van der Waals surface area contributed by atoms with Crippen LogP contribution in [0.4, 0.5) is 0 Å². The summed E-state index contributed by atoms with van der Waals surface area (Å²) in [6.45, 7) is 2.07.